The zero-order valence-corrected chi connectivity index (χ0v) is 7.55. The summed E-state index contributed by atoms with van der Waals surface area (Å²) in [5, 5.41) is 2.05. The van der Waals surface area contributed by atoms with Crippen LogP contribution in [-0.2, 0) is 0 Å². The van der Waals surface area contributed by atoms with E-state index in [1.54, 1.807) is 12.1 Å². The van der Waals surface area contributed by atoms with Crippen molar-refractivity contribution in [1.29, 1.82) is 0 Å². The molecule has 68 valence electrons. The fraction of sp³-hybridized carbons (Fsp3) is 0.0909. The number of hydrogen-bond donors (Lipinski definition) is 1. The van der Waals surface area contributed by atoms with Crippen LogP contribution < -0.4 is 6.15 Å². The molecular weight excluding hydrogens is 165 g/mol. The predicted molar refractivity (Wildman–Crippen MR) is 53.7 cm³/mol. The van der Waals surface area contributed by atoms with Crippen LogP contribution in [0, 0.1) is 12.7 Å². The highest BCUT2D eigenvalue weighted by molar-refractivity contribution is 5.83. The molecule has 2 aromatic carbocycles. The molecule has 0 unspecified atom stereocenters. The van der Waals surface area contributed by atoms with E-state index in [-0.39, 0.29) is 12.0 Å². The van der Waals surface area contributed by atoms with Gasteiger partial charge >= 0.3 is 0 Å². The van der Waals surface area contributed by atoms with Gasteiger partial charge in [-0.2, -0.15) is 0 Å². The Labute approximate surface area is 76.8 Å². The minimum absolute atomic E-state index is 0. The Morgan fingerprint density at radius 2 is 1.62 bits per heavy atom. The summed E-state index contributed by atoms with van der Waals surface area (Å²) in [6, 6.07) is 10.9. The van der Waals surface area contributed by atoms with E-state index in [4.69, 9.17) is 0 Å². The molecule has 0 atom stereocenters. The summed E-state index contributed by atoms with van der Waals surface area (Å²) < 4.78 is 12.8. The Morgan fingerprint density at radius 1 is 0.923 bits per heavy atom. The van der Waals surface area contributed by atoms with Crippen molar-refractivity contribution in [1.82, 2.24) is 6.15 Å². The Balaban J connectivity index is 0.000000845. The second-order valence-corrected chi connectivity index (χ2v) is 2.99. The van der Waals surface area contributed by atoms with E-state index in [9.17, 15) is 4.39 Å². The van der Waals surface area contributed by atoms with E-state index in [2.05, 4.69) is 0 Å². The second-order valence-electron chi connectivity index (χ2n) is 2.99. The fourth-order valence-corrected chi connectivity index (χ4v) is 1.34. The first-order chi connectivity index (χ1) is 5.75. The average molecular weight is 177 g/mol. The van der Waals surface area contributed by atoms with Crippen molar-refractivity contribution in [2.24, 2.45) is 0 Å². The maximum Gasteiger partial charge on any atom is 0.123 e. The molecule has 2 heteroatoms. The van der Waals surface area contributed by atoms with Crippen molar-refractivity contribution in [3.05, 3.63) is 47.8 Å². The normalized spacial score (nSPS) is 9.69. The number of aryl methyl sites for hydroxylation is 1. The lowest BCUT2D eigenvalue weighted by Crippen LogP contribution is -1.77. The third-order valence-corrected chi connectivity index (χ3v) is 1.96. The summed E-state index contributed by atoms with van der Waals surface area (Å²) in [5.41, 5.74) is 1.16. The third-order valence-electron chi connectivity index (χ3n) is 1.96. The molecule has 0 aliphatic rings. The molecule has 0 aromatic heterocycles. The molecule has 0 radical (unpaired) electrons. The maximum absolute atomic E-state index is 12.8. The minimum Gasteiger partial charge on any atom is -0.344 e. The summed E-state index contributed by atoms with van der Waals surface area (Å²) in [6.07, 6.45) is 0. The zero-order valence-electron chi connectivity index (χ0n) is 7.55. The standard InChI is InChI=1S/C11H9F.H3N/c1-8-2-3-9-4-5-11(12)7-10(9)6-8;/h2-7H,1H3;1H3. The minimum atomic E-state index is -0.173. The van der Waals surface area contributed by atoms with Crippen LogP contribution in [0.4, 0.5) is 4.39 Å². The molecule has 0 spiro atoms. The fourth-order valence-electron chi connectivity index (χ4n) is 1.34. The van der Waals surface area contributed by atoms with Gasteiger partial charge in [-0.1, -0.05) is 29.8 Å². The van der Waals surface area contributed by atoms with Gasteiger partial charge in [-0.3, -0.25) is 0 Å². The van der Waals surface area contributed by atoms with Gasteiger partial charge in [0.2, 0.25) is 0 Å². The Bertz CT molecular complexity index is 387. The second kappa shape index (κ2) is 3.54. The van der Waals surface area contributed by atoms with Gasteiger partial charge in [0, 0.05) is 0 Å². The summed E-state index contributed by atoms with van der Waals surface area (Å²) in [4.78, 5) is 0. The average Bonchev–Trinajstić information content (AvgIpc) is 2.03. The van der Waals surface area contributed by atoms with Crippen molar-refractivity contribution >= 4 is 10.8 Å². The van der Waals surface area contributed by atoms with E-state index in [1.165, 1.54) is 6.07 Å². The summed E-state index contributed by atoms with van der Waals surface area (Å²) >= 11 is 0. The largest absolute Gasteiger partial charge is 0.344 e. The van der Waals surface area contributed by atoms with Crippen molar-refractivity contribution < 1.29 is 4.39 Å². The molecule has 0 amide bonds. The molecule has 0 saturated heterocycles. The predicted octanol–water partition coefficient (Wildman–Crippen LogP) is 3.45. The summed E-state index contributed by atoms with van der Waals surface area (Å²) in [6.45, 7) is 2.00. The van der Waals surface area contributed by atoms with Crippen molar-refractivity contribution in [2.75, 3.05) is 0 Å². The van der Waals surface area contributed by atoms with Crippen molar-refractivity contribution in [2.45, 2.75) is 6.92 Å². The molecule has 0 saturated carbocycles. The molecule has 13 heavy (non-hydrogen) atoms. The zero-order chi connectivity index (χ0) is 8.55. The van der Waals surface area contributed by atoms with Crippen LogP contribution in [0.25, 0.3) is 10.8 Å². The van der Waals surface area contributed by atoms with Crippen LogP contribution in [0.2, 0.25) is 0 Å². The Morgan fingerprint density at radius 3 is 2.38 bits per heavy atom. The first kappa shape index (κ1) is 9.68. The van der Waals surface area contributed by atoms with Crippen LogP contribution in [-0.4, -0.2) is 0 Å². The Kier molecular flexibility index (Phi) is 2.63. The molecule has 2 aromatic rings. The lowest BCUT2D eigenvalue weighted by molar-refractivity contribution is 0.630. The van der Waals surface area contributed by atoms with Crippen LogP contribution >= 0.6 is 0 Å². The highest BCUT2D eigenvalue weighted by atomic mass is 19.1. The molecule has 0 fully saturated rings. The van der Waals surface area contributed by atoms with Gasteiger partial charge in [0.15, 0.2) is 0 Å². The molecular formula is C11H12FN. The van der Waals surface area contributed by atoms with E-state index in [0.29, 0.717) is 0 Å². The topological polar surface area (TPSA) is 35.0 Å². The lowest BCUT2D eigenvalue weighted by atomic mass is 10.1. The number of benzene rings is 2. The third kappa shape index (κ3) is 1.84. The lowest BCUT2D eigenvalue weighted by Gasteiger charge is -1.98. The molecule has 0 aliphatic heterocycles. The van der Waals surface area contributed by atoms with E-state index in [0.717, 1.165) is 16.3 Å². The van der Waals surface area contributed by atoms with Crippen LogP contribution in [0.5, 0.6) is 0 Å². The van der Waals surface area contributed by atoms with Gasteiger partial charge in [0.05, 0.1) is 0 Å². The first-order valence-corrected chi connectivity index (χ1v) is 3.92. The molecule has 3 N–H and O–H groups in total. The smallest absolute Gasteiger partial charge is 0.123 e. The first-order valence-electron chi connectivity index (χ1n) is 3.92. The maximum atomic E-state index is 12.8. The quantitative estimate of drug-likeness (QED) is 0.657. The van der Waals surface area contributed by atoms with Gasteiger partial charge < -0.3 is 6.15 Å². The molecule has 0 heterocycles. The highest BCUT2D eigenvalue weighted by Gasteiger charge is 1.94. The van der Waals surface area contributed by atoms with E-state index in [1.807, 2.05) is 25.1 Å². The van der Waals surface area contributed by atoms with Crippen molar-refractivity contribution in [3.8, 4) is 0 Å². The Hall–Kier alpha value is -1.41. The van der Waals surface area contributed by atoms with Gasteiger partial charge in [-0.05, 0) is 29.8 Å². The number of rotatable bonds is 0. The van der Waals surface area contributed by atoms with E-state index < -0.39 is 0 Å². The monoisotopic (exact) mass is 177 g/mol. The van der Waals surface area contributed by atoms with Gasteiger partial charge in [-0.25, -0.2) is 4.39 Å². The number of fused-ring (bicyclic) bond motifs is 1. The highest BCUT2D eigenvalue weighted by Crippen LogP contribution is 2.16. The SMILES string of the molecule is Cc1ccc2ccc(F)cc2c1.N. The molecule has 1 nitrogen and oxygen atoms in total. The molecule has 0 aliphatic carbocycles. The van der Waals surface area contributed by atoms with Crippen LogP contribution in [0.1, 0.15) is 5.56 Å². The van der Waals surface area contributed by atoms with Gasteiger partial charge in [-0.15, -0.1) is 0 Å². The van der Waals surface area contributed by atoms with Crippen LogP contribution in [0.3, 0.4) is 0 Å². The molecule has 2 rings (SSSR count). The van der Waals surface area contributed by atoms with E-state index >= 15 is 0 Å². The summed E-state index contributed by atoms with van der Waals surface area (Å²) in [5.74, 6) is -0.173. The number of hydrogen-bond acceptors (Lipinski definition) is 1. The van der Waals surface area contributed by atoms with Crippen LogP contribution in [0.15, 0.2) is 36.4 Å². The van der Waals surface area contributed by atoms with Gasteiger partial charge in [0.1, 0.15) is 5.82 Å². The number of halogens is 1. The molecule has 0 bridgehead atoms. The van der Waals surface area contributed by atoms with Crippen molar-refractivity contribution in [3.63, 3.8) is 0 Å². The van der Waals surface area contributed by atoms with Gasteiger partial charge in [0.25, 0.3) is 0 Å². The summed E-state index contributed by atoms with van der Waals surface area (Å²) in [7, 11) is 0.